The predicted octanol–water partition coefficient (Wildman–Crippen LogP) is 2.17. The van der Waals surface area contributed by atoms with E-state index in [4.69, 9.17) is 9.78 Å². The van der Waals surface area contributed by atoms with Crippen LogP contribution in [0.2, 0.25) is 0 Å². The van der Waals surface area contributed by atoms with E-state index in [2.05, 4.69) is 10.5 Å². The lowest BCUT2D eigenvalue weighted by atomic mass is 10.1. The molecular weight excluding hydrogens is 206 g/mol. The molecular formula is C11H15N3O2. The second kappa shape index (κ2) is 5.31. The smallest absolute Gasteiger partial charge is 0.244 e. The highest BCUT2D eigenvalue weighted by atomic mass is 16.5. The normalized spacial score (nSPS) is 11.9. The Kier molecular flexibility index (Phi) is 4.06. The Bertz CT molecular complexity index is 417. The van der Waals surface area contributed by atoms with Crippen LogP contribution >= 0.6 is 0 Å². The van der Waals surface area contributed by atoms with Gasteiger partial charge in [0.25, 0.3) is 0 Å². The van der Waals surface area contributed by atoms with Gasteiger partial charge >= 0.3 is 0 Å². The lowest BCUT2D eigenvalue weighted by molar-refractivity contribution is -0.118. The third-order valence-corrected chi connectivity index (χ3v) is 2.44. The van der Waals surface area contributed by atoms with Gasteiger partial charge in [0.15, 0.2) is 0 Å². The molecule has 0 saturated heterocycles. The first-order chi connectivity index (χ1) is 7.60. The van der Waals surface area contributed by atoms with Crippen molar-refractivity contribution in [3.8, 4) is 6.07 Å². The van der Waals surface area contributed by atoms with Gasteiger partial charge in [-0.1, -0.05) is 18.5 Å². The summed E-state index contributed by atoms with van der Waals surface area (Å²) in [6.45, 7) is 5.53. The molecule has 16 heavy (non-hydrogen) atoms. The monoisotopic (exact) mass is 221 g/mol. The highest BCUT2D eigenvalue weighted by Crippen LogP contribution is 2.18. The summed E-state index contributed by atoms with van der Waals surface area (Å²) in [7, 11) is 0. The summed E-state index contributed by atoms with van der Waals surface area (Å²) in [5.74, 6) is -0.628. The first-order valence-corrected chi connectivity index (χ1v) is 5.23. The van der Waals surface area contributed by atoms with Crippen molar-refractivity contribution in [3.05, 3.63) is 11.3 Å². The molecule has 1 aromatic heterocycles. The van der Waals surface area contributed by atoms with Crippen LogP contribution in [0.25, 0.3) is 0 Å². The van der Waals surface area contributed by atoms with Crippen LogP contribution in [0, 0.1) is 31.1 Å². The van der Waals surface area contributed by atoms with Crippen LogP contribution in [0.1, 0.15) is 31.0 Å². The third-order valence-electron chi connectivity index (χ3n) is 2.44. The molecule has 0 radical (unpaired) electrons. The van der Waals surface area contributed by atoms with Crippen molar-refractivity contribution in [3.63, 3.8) is 0 Å². The van der Waals surface area contributed by atoms with Gasteiger partial charge in [0, 0.05) is 5.56 Å². The Hall–Kier alpha value is -1.83. The molecule has 1 heterocycles. The summed E-state index contributed by atoms with van der Waals surface area (Å²) in [5.41, 5.74) is 1.53. The van der Waals surface area contributed by atoms with Crippen LogP contribution in [0.15, 0.2) is 4.52 Å². The summed E-state index contributed by atoms with van der Waals surface area (Å²) < 4.78 is 4.95. The summed E-state index contributed by atoms with van der Waals surface area (Å²) in [6, 6.07) is 1.98. The fraction of sp³-hybridized carbons (Fsp3) is 0.545. The number of hydrogen-bond acceptors (Lipinski definition) is 4. The van der Waals surface area contributed by atoms with Crippen LogP contribution in [0.5, 0.6) is 0 Å². The molecule has 1 N–H and O–H groups in total. The number of anilines is 1. The van der Waals surface area contributed by atoms with E-state index in [9.17, 15) is 4.79 Å². The summed E-state index contributed by atoms with van der Waals surface area (Å²) in [6.07, 6.45) is 1.34. The minimum Gasteiger partial charge on any atom is -0.338 e. The molecule has 0 fully saturated rings. The predicted molar refractivity (Wildman–Crippen MR) is 58.6 cm³/mol. The number of nitrogens with one attached hydrogen (secondary N) is 1. The third kappa shape index (κ3) is 2.60. The van der Waals surface area contributed by atoms with Crippen LogP contribution < -0.4 is 5.32 Å². The highest BCUT2D eigenvalue weighted by molar-refractivity contribution is 5.93. The molecule has 5 heteroatoms. The Labute approximate surface area is 94.4 Å². The summed E-state index contributed by atoms with van der Waals surface area (Å²) >= 11 is 0. The minimum atomic E-state index is -0.630. The maximum absolute atomic E-state index is 11.7. The summed E-state index contributed by atoms with van der Waals surface area (Å²) in [4.78, 5) is 11.7. The van der Waals surface area contributed by atoms with Crippen LogP contribution in [0.3, 0.4) is 0 Å². The number of nitrogens with zero attached hydrogens (tertiary/aromatic N) is 2. The van der Waals surface area contributed by atoms with E-state index in [1.807, 2.05) is 19.9 Å². The van der Waals surface area contributed by atoms with E-state index in [1.165, 1.54) is 0 Å². The number of carbonyl (C=O) groups is 1. The lowest BCUT2D eigenvalue weighted by Crippen LogP contribution is -2.21. The molecule has 0 bridgehead atoms. The van der Waals surface area contributed by atoms with E-state index < -0.39 is 5.92 Å². The first kappa shape index (κ1) is 12.2. The van der Waals surface area contributed by atoms with Crippen molar-refractivity contribution in [1.29, 1.82) is 5.26 Å². The van der Waals surface area contributed by atoms with Gasteiger partial charge in [-0.25, -0.2) is 0 Å². The van der Waals surface area contributed by atoms with Crippen molar-refractivity contribution in [1.82, 2.24) is 5.16 Å². The average Bonchev–Trinajstić information content (AvgIpc) is 2.57. The van der Waals surface area contributed by atoms with E-state index in [1.54, 1.807) is 6.92 Å². The molecule has 0 saturated carbocycles. The Balaban J connectivity index is 2.71. The van der Waals surface area contributed by atoms with Crippen LogP contribution in [-0.4, -0.2) is 11.1 Å². The maximum Gasteiger partial charge on any atom is 0.244 e. The number of amides is 1. The molecule has 0 spiro atoms. The van der Waals surface area contributed by atoms with Crippen molar-refractivity contribution >= 4 is 11.8 Å². The van der Waals surface area contributed by atoms with Crippen LogP contribution in [0.4, 0.5) is 5.88 Å². The standard InChI is InChI=1S/C11H15N3O2/c1-4-5-9(6-12)10(15)13-11-7(2)8(3)14-16-11/h9H,4-5H2,1-3H3,(H,13,15). The van der Waals surface area contributed by atoms with Crippen molar-refractivity contribution < 1.29 is 9.32 Å². The molecule has 1 aromatic rings. The van der Waals surface area contributed by atoms with Gasteiger partial charge in [0.1, 0.15) is 5.92 Å². The van der Waals surface area contributed by atoms with Crippen LogP contribution in [-0.2, 0) is 4.79 Å². The molecule has 1 unspecified atom stereocenters. The summed E-state index contributed by atoms with van der Waals surface area (Å²) in [5, 5.41) is 15.1. The van der Waals surface area contributed by atoms with Gasteiger partial charge in [-0.2, -0.15) is 5.26 Å². The largest absolute Gasteiger partial charge is 0.338 e. The quantitative estimate of drug-likeness (QED) is 0.845. The van der Waals surface area contributed by atoms with E-state index in [0.29, 0.717) is 12.3 Å². The maximum atomic E-state index is 11.7. The van der Waals surface area contributed by atoms with Gasteiger partial charge in [-0.15, -0.1) is 0 Å². The second-order valence-corrected chi connectivity index (χ2v) is 3.68. The zero-order valence-electron chi connectivity index (χ0n) is 9.70. The number of rotatable bonds is 4. The van der Waals surface area contributed by atoms with E-state index in [-0.39, 0.29) is 5.91 Å². The van der Waals surface area contributed by atoms with E-state index in [0.717, 1.165) is 17.7 Å². The fourth-order valence-corrected chi connectivity index (χ4v) is 1.27. The molecule has 1 amide bonds. The molecule has 86 valence electrons. The number of carbonyl (C=O) groups excluding carboxylic acids is 1. The Morgan fingerprint density at radius 1 is 1.62 bits per heavy atom. The number of aromatic nitrogens is 1. The topological polar surface area (TPSA) is 78.9 Å². The number of aryl methyl sites for hydroxylation is 1. The average molecular weight is 221 g/mol. The zero-order valence-corrected chi connectivity index (χ0v) is 9.70. The second-order valence-electron chi connectivity index (χ2n) is 3.68. The molecule has 1 rings (SSSR count). The van der Waals surface area contributed by atoms with Crippen molar-refractivity contribution in [2.75, 3.05) is 5.32 Å². The number of nitriles is 1. The van der Waals surface area contributed by atoms with Crippen molar-refractivity contribution in [2.45, 2.75) is 33.6 Å². The van der Waals surface area contributed by atoms with Gasteiger partial charge in [0.2, 0.25) is 11.8 Å². The zero-order chi connectivity index (χ0) is 12.1. The molecule has 0 aliphatic heterocycles. The Morgan fingerprint density at radius 3 is 2.75 bits per heavy atom. The van der Waals surface area contributed by atoms with Crippen molar-refractivity contribution in [2.24, 2.45) is 5.92 Å². The molecule has 0 aliphatic carbocycles. The van der Waals surface area contributed by atoms with Gasteiger partial charge in [-0.05, 0) is 20.3 Å². The number of hydrogen-bond donors (Lipinski definition) is 1. The molecule has 5 nitrogen and oxygen atoms in total. The van der Waals surface area contributed by atoms with Gasteiger partial charge in [-0.3, -0.25) is 10.1 Å². The first-order valence-electron chi connectivity index (χ1n) is 5.23. The van der Waals surface area contributed by atoms with Gasteiger partial charge in [0.05, 0.1) is 11.8 Å². The SMILES string of the molecule is CCCC(C#N)C(=O)Nc1onc(C)c1C. The Morgan fingerprint density at radius 2 is 2.31 bits per heavy atom. The fourth-order valence-electron chi connectivity index (χ4n) is 1.27. The molecule has 0 aromatic carbocycles. The minimum absolute atomic E-state index is 0.330. The molecule has 1 atom stereocenters. The lowest BCUT2D eigenvalue weighted by Gasteiger charge is -2.06. The molecule has 0 aliphatic rings. The van der Waals surface area contributed by atoms with E-state index >= 15 is 0 Å². The highest BCUT2D eigenvalue weighted by Gasteiger charge is 2.19. The van der Waals surface area contributed by atoms with Gasteiger partial charge < -0.3 is 4.52 Å².